The Hall–Kier alpha value is -1.51. The summed E-state index contributed by atoms with van der Waals surface area (Å²) < 4.78 is 15.6. The smallest absolute Gasteiger partial charge is 0.290 e. The highest BCUT2D eigenvalue weighted by Crippen LogP contribution is 2.11. The first kappa shape index (κ1) is 13.9. The monoisotopic (exact) mass is 270 g/mol. The predicted octanol–water partition coefficient (Wildman–Crippen LogP) is -0.594. The molecule has 0 aliphatic carbocycles. The Bertz CT molecular complexity index is 423. The van der Waals surface area contributed by atoms with Gasteiger partial charge in [0, 0.05) is 26.8 Å². The molecule has 0 bridgehead atoms. The minimum atomic E-state index is -0.685. The van der Waals surface area contributed by atoms with E-state index in [0.29, 0.717) is 25.6 Å². The number of carbonyl (C=O) groups excluding carboxylic acids is 1. The zero-order valence-electron chi connectivity index (χ0n) is 10.9. The lowest BCUT2D eigenvalue weighted by atomic mass is 10.2. The summed E-state index contributed by atoms with van der Waals surface area (Å²) in [5.74, 6) is -0.379. The minimum absolute atomic E-state index is 0.0841. The normalized spacial score (nSPS) is 20.6. The zero-order chi connectivity index (χ0) is 13.7. The van der Waals surface area contributed by atoms with Gasteiger partial charge >= 0.3 is 0 Å². The second-order valence-electron chi connectivity index (χ2n) is 4.39. The van der Waals surface area contributed by atoms with Crippen molar-refractivity contribution >= 4 is 5.91 Å². The summed E-state index contributed by atoms with van der Waals surface area (Å²) in [5.41, 5.74) is 5.07. The highest BCUT2D eigenvalue weighted by Gasteiger charge is 2.22. The molecule has 8 heteroatoms. The summed E-state index contributed by atoms with van der Waals surface area (Å²) in [4.78, 5) is 16.9. The molecule has 1 aromatic heterocycles. The number of nitrogens with two attached hydrogens (primary N) is 1. The van der Waals surface area contributed by atoms with Gasteiger partial charge in [0.2, 0.25) is 5.89 Å². The molecule has 0 aromatic carbocycles. The van der Waals surface area contributed by atoms with E-state index >= 15 is 0 Å². The highest BCUT2D eigenvalue weighted by atomic mass is 16.5. The molecule has 0 radical (unpaired) electrons. The molecule has 1 aliphatic rings. The Morgan fingerprint density at radius 1 is 1.63 bits per heavy atom. The van der Waals surface area contributed by atoms with E-state index in [1.54, 1.807) is 7.11 Å². The summed E-state index contributed by atoms with van der Waals surface area (Å²) in [6.07, 6.45) is 0.996. The molecule has 1 aliphatic heterocycles. The number of hydrogen-bond acceptors (Lipinski definition) is 7. The van der Waals surface area contributed by atoms with Gasteiger partial charge in [0.15, 0.2) is 0 Å². The molecule has 0 unspecified atom stereocenters. The lowest BCUT2D eigenvalue weighted by Crippen LogP contribution is -2.42. The maximum absolute atomic E-state index is 10.9. The second-order valence-corrected chi connectivity index (χ2v) is 4.39. The first-order chi connectivity index (χ1) is 9.19. The van der Waals surface area contributed by atoms with Gasteiger partial charge in [-0.3, -0.25) is 9.69 Å². The maximum Gasteiger partial charge on any atom is 0.290 e. The van der Waals surface area contributed by atoms with Crippen molar-refractivity contribution in [3.63, 3.8) is 0 Å². The van der Waals surface area contributed by atoms with Crippen molar-refractivity contribution in [2.45, 2.75) is 19.1 Å². The van der Waals surface area contributed by atoms with Crippen molar-refractivity contribution in [2.75, 3.05) is 33.4 Å². The van der Waals surface area contributed by atoms with Gasteiger partial charge in [0.05, 0.1) is 19.3 Å². The summed E-state index contributed by atoms with van der Waals surface area (Å²) in [5, 5.41) is 3.51. The van der Waals surface area contributed by atoms with E-state index < -0.39 is 5.91 Å². The van der Waals surface area contributed by atoms with Crippen LogP contribution in [-0.2, 0) is 16.0 Å². The average molecular weight is 270 g/mol. The topological polar surface area (TPSA) is 104 Å². The largest absolute Gasteiger partial charge is 0.385 e. The van der Waals surface area contributed by atoms with Crippen LogP contribution in [0.1, 0.15) is 22.9 Å². The second kappa shape index (κ2) is 6.60. The predicted molar refractivity (Wildman–Crippen MR) is 64.3 cm³/mol. The van der Waals surface area contributed by atoms with Crippen molar-refractivity contribution in [1.82, 2.24) is 15.0 Å². The highest BCUT2D eigenvalue weighted by molar-refractivity contribution is 5.88. The fourth-order valence-electron chi connectivity index (χ4n) is 1.96. The lowest BCUT2D eigenvalue weighted by Gasteiger charge is -2.31. The third kappa shape index (κ3) is 3.98. The van der Waals surface area contributed by atoms with Crippen LogP contribution in [0.3, 0.4) is 0 Å². The van der Waals surface area contributed by atoms with Crippen LogP contribution < -0.4 is 5.73 Å². The van der Waals surface area contributed by atoms with Crippen LogP contribution in [0.25, 0.3) is 0 Å². The molecule has 0 spiro atoms. The molecule has 19 heavy (non-hydrogen) atoms. The van der Waals surface area contributed by atoms with Gasteiger partial charge in [-0.25, -0.2) is 0 Å². The molecule has 2 N–H and O–H groups in total. The van der Waals surface area contributed by atoms with Crippen LogP contribution in [0, 0.1) is 0 Å². The van der Waals surface area contributed by atoms with Crippen LogP contribution >= 0.6 is 0 Å². The first-order valence-corrected chi connectivity index (χ1v) is 6.14. The maximum atomic E-state index is 10.9. The summed E-state index contributed by atoms with van der Waals surface area (Å²) in [6.45, 7) is 3.39. The molecule has 1 amide bonds. The molecule has 1 saturated heterocycles. The SMILES string of the molecule is COCC[C@@H]1CN(Cc2nc(C(N)=O)no2)CCO1. The minimum Gasteiger partial charge on any atom is -0.385 e. The van der Waals surface area contributed by atoms with E-state index in [2.05, 4.69) is 15.0 Å². The van der Waals surface area contributed by atoms with E-state index in [0.717, 1.165) is 19.5 Å². The number of amides is 1. The molecule has 1 fully saturated rings. The van der Waals surface area contributed by atoms with Gasteiger partial charge in [-0.1, -0.05) is 5.16 Å². The van der Waals surface area contributed by atoms with Crippen molar-refractivity contribution in [2.24, 2.45) is 5.73 Å². The molecule has 1 aromatic rings. The lowest BCUT2D eigenvalue weighted by molar-refractivity contribution is -0.0455. The molecule has 106 valence electrons. The van der Waals surface area contributed by atoms with Crippen LogP contribution in [0.4, 0.5) is 0 Å². The van der Waals surface area contributed by atoms with Crippen LogP contribution in [-0.4, -0.2) is 60.5 Å². The molecule has 8 nitrogen and oxygen atoms in total. The molecule has 1 atom stereocenters. The van der Waals surface area contributed by atoms with E-state index in [-0.39, 0.29) is 11.9 Å². The molecule has 2 rings (SSSR count). The van der Waals surface area contributed by atoms with Gasteiger partial charge in [0.1, 0.15) is 0 Å². The number of ether oxygens (including phenoxy) is 2. The van der Waals surface area contributed by atoms with Gasteiger partial charge < -0.3 is 19.7 Å². The van der Waals surface area contributed by atoms with E-state index in [9.17, 15) is 4.79 Å². The van der Waals surface area contributed by atoms with E-state index in [4.69, 9.17) is 19.7 Å². The van der Waals surface area contributed by atoms with Gasteiger partial charge in [-0.2, -0.15) is 4.98 Å². The Balaban J connectivity index is 1.85. The summed E-state index contributed by atoms with van der Waals surface area (Å²) >= 11 is 0. The third-order valence-corrected chi connectivity index (χ3v) is 2.91. The number of morpholine rings is 1. The third-order valence-electron chi connectivity index (χ3n) is 2.91. The van der Waals surface area contributed by atoms with Crippen molar-refractivity contribution in [3.05, 3.63) is 11.7 Å². The quantitative estimate of drug-likeness (QED) is 0.736. The Labute approximate surface area is 110 Å². The number of primary amides is 1. The summed E-state index contributed by atoms with van der Waals surface area (Å²) in [7, 11) is 1.67. The fourth-order valence-corrected chi connectivity index (χ4v) is 1.96. The molecular formula is C11H18N4O4. The standard InChI is InChI=1S/C11H18N4O4/c1-17-4-2-8-6-15(3-5-18-8)7-9-13-11(10(12)16)14-19-9/h8H,2-7H2,1H3,(H2,12,16)/t8-/m1/s1. The average Bonchev–Trinajstić information content (AvgIpc) is 2.85. The van der Waals surface area contributed by atoms with Gasteiger partial charge in [0.25, 0.3) is 11.7 Å². The fraction of sp³-hybridized carbons (Fsp3) is 0.727. The van der Waals surface area contributed by atoms with Crippen molar-refractivity contribution < 1.29 is 18.8 Å². The number of hydrogen-bond donors (Lipinski definition) is 1. The number of carbonyl (C=O) groups is 1. The zero-order valence-corrected chi connectivity index (χ0v) is 10.9. The number of aromatic nitrogens is 2. The van der Waals surface area contributed by atoms with Crippen molar-refractivity contribution in [3.8, 4) is 0 Å². The molecule has 2 heterocycles. The number of methoxy groups -OCH3 is 1. The number of nitrogens with zero attached hydrogens (tertiary/aromatic N) is 3. The van der Waals surface area contributed by atoms with Crippen LogP contribution in [0.5, 0.6) is 0 Å². The molecule has 0 saturated carbocycles. The Kier molecular flexibility index (Phi) is 4.83. The van der Waals surface area contributed by atoms with E-state index in [1.165, 1.54) is 0 Å². The van der Waals surface area contributed by atoms with Gasteiger partial charge in [-0.15, -0.1) is 0 Å². The molecular weight excluding hydrogens is 252 g/mol. The van der Waals surface area contributed by atoms with Crippen molar-refractivity contribution in [1.29, 1.82) is 0 Å². The van der Waals surface area contributed by atoms with Gasteiger partial charge in [-0.05, 0) is 6.42 Å². The summed E-state index contributed by atoms with van der Waals surface area (Å²) in [6, 6.07) is 0. The van der Waals surface area contributed by atoms with Crippen LogP contribution in [0.2, 0.25) is 0 Å². The van der Waals surface area contributed by atoms with Crippen LogP contribution in [0.15, 0.2) is 4.52 Å². The number of rotatable bonds is 6. The Morgan fingerprint density at radius 2 is 2.47 bits per heavy atom. The van der Waals surface area contributed by atoms with E-state index in [1.807, 2.05) is 0 Å². The Morgan fingerprint density at radius 3 is 3.16 bits per heavy atom. The first-order valence-electron chi connectivity index (χ1n) is 6.14.